The molecule has 4 nitrogen and oxygen atoms in total. The number of nitrogens with one attached hydrogen (secondary N) is 1. The van der Waals surface area contributed by atoms with Crippen molar-refractivity contribution in [2.75, 3.05) is 0 Å². The molecule has 1 aromatic carbocycles. The lowest BCUT2D eigenvalue weighted by Crippen LogP contribution is -1.82. The van der Waals surface area contributed by atoms with Gasteiger partial charge in [0, 0.05) is 16.4 Å². The number of benzene rings is 1. The topological polar surface area (TPSA) is 65.4 Å². The van der Waals surface area contributed by atoms with Crippen molar-refractivity contribution in [3.63, 3.8) is 0 Å². The van der Waals surface area contributed by atoms with Gasteiger partial charge in [0.15, 0.2) is 10.8 Å². The average Bonchev–Trinajstić information content (AvgIpc) is 2.87. The minimum Gasteiger partial charge on any atom is -0.331 e. The van der Waals surface area contributed by atoms with Crippen LogP contribution in [0.15, 0.2) is 46.2 Å². The van der Waals surface area contributed by atoms with Crippen molar-refractivity contribution in [3.8, 4) is 6.07 Å². The summed E-state index contributed by atoms with van der Waals surface area (Å²) < 4.78 is 0.928. The number of hydrogen-bond donors (Lipinski definition) is 1. The number of imidazole rings is 1. The zero-order valence-corrected chi connectivity index (χ0v) is 12.7. The van der Waals surface area contributed by atoms with Crippen LogP contribution in [0.2, 0.25) is 0 Å². The molecule has 0 aliphatic carbocycles. The molecule has 0 saturated carbocycles. The Morgan fingerprint density at radius 2 is 2.10 bits per heavy atom. The number of thioether (sulfide) groups is 1. The molecule has 20 heavy (non-hydrogen) atoms. The van der Waals surface area contributed by atoms with Gasteiger partial charge in [0.2, 0.25) is 0 Å². The fraction of sp³-hybridized carbons (Fsp3) is 0.0714. The molecule has 0 radical (unpaired) electrons. The second kappa shape index (κ2) is 5.65. The van der Waals surface area contributed by atoms with E-state index in [0.29, 0.717) is 5.56 Å². The van der Waals surface area contributed by atoms with Gasteiger partial charge >= 0.3 is 0 Å². The number of hydrogen-bond acceptors (Lipinski definition) is 4. The van der Waals surface area contributed by atoms with Crippen molar-refractivity contribution in [1.29, 1.82) is 5.26 Å². The Hall–Kier alpha value is -1.84. The van der Waals surface area contributed by atoms with E-state index in [1.807, 2.05) is 30.3 Å². The number of H-pyrrole nitrogens is 1. The first-order valence-electron chi connectivity index (χ1n) is 5.88. The van der Waals surface area contributed by atoms with Gasteiger partial charge in [0.1, 0.15) is 0 Å². The normalized spacial score (nSPS) is 10.6. The van der Waals surface area contributed by atoms with E-state index in [1.165, 1.54) is 0 Å². The maximum Gasteiger partial charge on any atom is 0.178 e. The molecule has 0 fully saturated rings. The minimum absolute atomic E-state index is 0.677. The molecule has 3 aromatic rings. The van der Waals surface area contributed by atoms with Crippen LogP contribution in [-0.4, -0.2) is 15.0 Å². The maximum absolute atomic E-state index is 8.76. The van der Waals surface area contributed by atoms with Crippen LogP contribution in [0.4, 0.5) is 0 Å². The highest BCUT2D eigenvalue weighted by Gasteiger charge is 2.05. The number of pyridine rings is 1. The fourth-order valence-corrected chi connectivity index (χ4v) is 2.91. The molecule has 2 heterocycles. The highest BCUT2D eigenvalue weighted by atomic mass is 79.9. The van der Waals surface area contributed by atoms with Crippen LogP contribution in [0.25, 0.3) is 11.2 Å². The lowest BCUT2D eigenvalue weighted by molar-refractivity contribution is 1.07. The molecule has 0 saturated heterocycles. The third kappa shape index (κ3) is 2.84. The lowest BCUT2D eigenvalue weighted by Gasteiger charge is -1.98. The molecule has 0 spiro atoms. The third-order valence-electron chi connectivity index (χ3n) is 2.74. The van der Waals surface area contributed by atoms with Crippen molar-refractivity contribution in [2.24, 2.45) is 0 Å². The van der Waals surface area contributed by atoms with Gasteiger partial charge in [-0.05, 0) is 39.7 Å². The first-order valence-corrected chi connectivity index (χ1v) is 7.65. The van der Waals surface area contributed by atoms with E-state index in [0.717, 1.165) is 32.1 Å². The molecule has 3 rings (SSSR count). The molecular weight excluding hydrogens is 336 g/mol. The molecule has 0 aliphatic rings. The maximum atomic E-state index is 8.76. The number of nitrogens with zero attached hydrogens (tertiary/aromatic N) is 3. The van der Waals surface area contributed by atoms with Crippen molar-refractivity contribution >= 4 is 38.9 Å². The van der Waals surface area contributed by atoms with E-state index < -0.39 is 0 Å². The van der Waals surface area contributed by atoms with Crippen molar-refractivity contribution in [3.05, 3.63) is 52.1 Å². The van der Waals surface area contributed by atoms with Crippen LogP contribution >= 0.6 is 27.7 Å². The molecule has 0 bridgehead atoms. The Kier molecular flexibility index (Phi) is 3.72. The second-order valence-electron chi connectivity index (χ2n) is 4.16. The summed E-state index contributed by atoms with van der Waals surface area (Å²) in [5.74, 6) is 0.798. The average molecular weight is 345 g/mol. The van der Waals surface area contributed by atoms with Crippen LogP contribution in [-0.2, 0) is 5.75 Å². The number of aromatic nitrogens is 3. The summed E-state index contributed by atoms with van der Waals surface area (Å²) in [6.07, 6.45) is 1.73. The van der Waals surface area contributed by atoms with Gasteiger partial charge in [-0.15, -0.1) is 0 Å². The van der Waals surface area contributed by atoms with Crippen LogP contribution in [0.3, 0.4) is 0 Å². The molecule has 0 aliphatic heterocycles. The van der Waals surface area contributed by atoms with Gasteiger partial charge in [-0.1, -0.05) is 23.9 Å². The molecule has 98 valence electrons. The molecule has 0 unspecified atom stereocenters. The zero-order chi connectivity index (χ0) is 13.9. The lowest BCUT2D eigenvalue weighted by atomic mass is 10.2. The largest absolute Gasteiger partial charge is 0.331 e. The fourth-order valence-electron chi connectivity index (χ4n) is 1.75. The predicted octanol–water partition coefficient (Wildman–Crippen LogP) is 3.88. The van der Waals surface area contributed by atoms with E-state index in [2.05, 4.69) is 37.0 Å². The van der Waals surface area contributed by atoms with Crippen LogP contribution in [0, 0.1) is 11.3 Å². The van der Waals surface area contributed by atoms with Gasteiger partial charge in [-0.25, -0.2) is 9.97 Å². The summed E-state index contributed by atoms with van der Waals surface area (Å²) in [6.45, 7) is 0. The minimum atomic E-state index is 0.677. The summed E-state index contributed by atoms with van der Waals surface area (Å²) >= 11 is 5.00. The molecule has 0 atom stereocenters. The summed E-state index contributed by atoms with van der Waals surface area (Å²) in [6, 6.07) is 11.6. The molecule has 1 N–H and O–H groups in total. The van der Waals surface area contributed by atoms with Gasteiger partial charge in [0.25, 0.3) is 0 Å². The Balaban J connectivity index is 1.74. The highest BCUT2D eigenvalue weighted by Crippen LogP contribution is 2.23. The standard InChI is InChI=1S/C14H9BrN4S/c15-11-5-12-13(17-7-11)19-14(18-12)20-8-10-3-1-9(6-16)2-4-10/h1-5,7H,8H2,(H,17,18,19). The number of rotatable bonds is 3. The number of nitriles is 1. The predicted molar refractivity (Wildman–Crippen MR) is 82.3 cm³/mol. The van der Waals surface area contributed by atoms with Crippen LogP contribution in [0.1, 0.15) is 11.1 Å². The van der Waals surface area contributed by atoms with Gasteiger partial charge in [-0.3, -0.25) is 0 Å². The SMILES string of the molecule is N#Cc1ccc(CSc2nc3ncc(Br)cc3[nH]2)cc1. The first-order chi connectivity index (χ1) is 9.74. The van der Waals surface area contributed by atoms with E-state index >= 15 is 0 Å². The summed E-state index contributed by atoms with van der Waals surface area (Å²) in [5, 5.41) is 9.60. The van der Waals surface area contributed by atoms with E-state index in [1.54, 1.807) is 18.0 Å². The van der Waals surface area contributed by atoms with Crippen LogP contribution in [0.5, 0.6) is 0 Å². The van der Waals surface area contributed by atoms with Gasteiger partial charge in [0.05, 0.1) is 17.1 Å². The quantitative estimate of drug-likeness (QED) is 0.732. The van der Waals surface area contributed by atoms with Gasteiger partial charge < -0.3 is 4.98 Å². The second-order valence-corrected chi connectivity index (χ2v) is 6.04. The Morgan fingerprint density at radius 3 is 2.85 bits per heavy atom. The first kappa shape index (κ1) is 13.2. The van der Waals surface area contributed by atoms with E-state index in [4.69, 9.17) is 5.26 Å². The molecular formula is C14H9BrN4S. The Bertz CT molecular complexity index is 789. The zero-order valence-electron chi connectivity index (χ0n) is 10.3. The third-order valence-corrected chi connectivity index (χ3v) is 4.12. The summed E-state index contributed by atoms with van der Waals surface area (Å²) in [7, 11) is 0. The number of fused-ring (bicyclic) bond motifs is 1. The van der Waals surface area contributed by atoms with Crippen molar-refractivity contribution in [2.45, 2.75) is 10.9 Å². The molecule has 2 aromatic heterocycles. The monoisotopic (exact) mass is 344 g/mol. The summed E-state index contributed by atoms with van der Waals surface area (Å²) in [5.41, 5.74) is 3.47. The molecule has 0 amide bonds. The van der Waals surface area contributed by atoms with Crippen LogP contribution < -0.4 is 0 Å². The molecule has 6 heteroatoms. The summed E-state index contributed by atoms with van der Waals surface area (Å²) in [4.78, 5) is 11.9. The van der Waals surface area contributed by atoms with E-state index in [9.17, 15) is 0 Å². The Labute approximate surface area is 128 Å². The van der Waals surface area contributed by atoms with Gasteiger partial charge in [-0.2, -0.15) is 5.26 Å². The smallest absolute Gasteiger partial charge is 0.178 e. The van der Waals surface area contributed by atoms with E-state index in [-0.39, 0.29) is 0 Å². The van der Waals surface area contributed by atoms with Crippen molar-refractivity contribution < 1.29 is 0 Å². The number of halogens is 1. The Morgan fingerprint density at radius 1 is 1.30 bits per heavy atom. The highest BCUT2D eigenvalue weighted by molar-refractivity contribution is 9.10. The van der Waals surface area contributed by atoms with Crippen molar-refractivity contribution in [1.82, 2.24) is 15.0 Å². The number of aromatic amines is 1.